The van der Waals surface area contributed by atoms with E-state index in [0.717, 1.165) is 0 Å². The summed E-state index contributed by atoms with van der Waals surface area (Å²) in [6.07, 6.45) is 0. The average Bonchev–Trinajstić information content (AvgIpc) is 2.17. The van der Waals surface area contributed by atoms with Gasteiger partial charge in [-0.15, -0.1) is 0 Å². The van der Waals surface area contributed by atoms with Crippen molar-refractivity contribution in [1.82, 2.24) is 0 Å². The minimum atomic E-state index is -2.08. The van der Waals surface area contributed by atoms with Crippen molar-refractivity contribution in [2.45, 2.75) is 27.3 Å². The lowest BCUT2D eigenvalue weighted by Gasteiger charge is -2.16. The van der Waals surface area contributed by atoms with Crippen LogP contribution in [0, 0.1) is 5.41 Å². The first kappa shape index (κ1) is 8.04. The molecule has 0 radical (unpaired) electrons. The molecule has 14 heavy (non-hydrogen) atoms. The maximum Gasteiger partial charge on any atom is 0.311 e. The molecule has 1 aromatic carbocycles. The van der Waals surface area contributed by atoms with Crippen LogP contribution in [0.3, 0.4) is 0 Å². The Morgan fingerprint density at radius 3 is 2.43 bits per heavy atom. The van der Waals surface area contributed by atoms with Gasteiger partial charge in [-0.3, -0.25) is 4.79 Å². The highest BCUT2D eigenvalue weighted by atomic mass is 16.5. The van der Waals surface area contributed by atoms with E-state index in [0.29, 0.717) is 5.56 Å². The van der Waals surface area contributed by atoms with E-state index in [4.69, 9.17) is 7.48 Å². The standard InChI is InChI=1S/C12H16O2/c1-12(2,3)11(13)14-9-10-7-5-4-6-8-10/h4-8H,9H2,1-3H3/i9D2. The number of ether oxygens (including phenoxy) is 1. The second kappa shape index (κ2) is 4.27. The van der Waals surface area contributed by atoms with Gasteiger partial charge in [0, 0.05) is 0 Å². The van der Waals surface area contributed by atoms with Crippen LogP contribution in [0.2, 0.25) is 0 Å². The molecule has 0 heterocycles. The molecular formula is C12H16O2. The molecule has 0 bridgehead atoms. The van der Waals surface area contributed by atoms with Gasteiger partial charge in [-0.1, -0.05) is 30.3 Å². The number of carbonyl (C=O) groups excluding carboxylic acids is 1. The summed E-state index contributed by atoms with van der Waals surface area (Å²) in [6.45, 7) is 2.99. The molecule has 76 valence electrons. The molecule has 0 aliphatic heterocycles. The first-order valence-corrected chi connectivity index (χ1v) is 4.52. The van der Waals surface area contributed by atoms with E-state index < -0.39 is 17.9 Å². The first-order valence-electron chi connectivity index (χ1n) is 5.52. The van der Waals surface area contributed by atoms with Crippen molar-refractivity contribution in [3.05, 3.63) is 35.9 Å². The molecule has 2 nitrogen and oxygen atoms in total. The van der Waals surface area contributed by atoms with Crippen molar-refractivity contribution in [1.29, 1.82) is 0 Å². The van der Waals surface area contributed by atoms with Gasteiger partial charge in [0.2, 0.25) is 0 Å². The molecule has 0 atom stereocenters. The summed E-state index contributed by atoms with van der Waals surface area (Å²) in [6, 6.07) is 8.38. The minimum absolute atomic E-state index is 0.340. The monoisotopic (exact) mass is 194 g/mol. The Hall–Kier alpha value is -1.31. The van der Waals surface area contributed by atoms with Crippen LogP contribution in [-0.2, 0) is 16.1 Å². The molecule has 0 fully saturated rings. The van der Waals surface area contributed by atoms with Crippen LogP contribution in [0.5, 0.6) is 0 Å². The van der Waals surface area contributed by atoms with Crippen molar-refractivity contribution in [3.8, 4) is 0 Å². The summed E-state index contributed by atoms with van der Waals surface area (Å²) in [5.74, 6) is -0.554. The Balaban J connectivity index is 2.85. The van der Waals surface area contributed by atoms with Crippen LogP contribution in [0.4, 0.5) is 0 Å². The fourth-order valence-electron chi connectivity index (χ4n) is 0.765. The number of carbonyl (C=O) groups is 1. The number of benzene rings is 1. The second-order valence-corrected chi connectivity index (χ2v) is 4.11. The number of rotatable bonds is 2. The van der Waals surface area contributed by atoms with Crippen molar-refractivity contribution in [2.75, 3.05) is 0 Å². The molecular weight excluding hydrogens is 176 g/mol. The Kier molecular flexibility index (Phi) is 2.45. The number of hydrogen-bond donors (Lipinski definition) is 0. The first-order chi connectivity index (χ1) is 7.23. The van der Waals surface area contributed by atoms with Gasteiger partial charge in [0.25, 0.3) is 0 Å². The topological polar surface area (TPSA) is 26.3 Å². The number of hydrogen-bond acceptors (Lipinski definition) is 2. The van der Waals surface area contributed by atoms with Gasteiger partial charge in [-0.2, -0.15) is 0 Å². The predicted molar refractivity (Wildman–Crippen MR) is 55.7 cm³/mol. The van der Waals surface area contributed by atoms with E-state index in [1.807, 2.05) is 0 Å². The van der Waals surface area contributed by atoms with E-state index in [-0.39, 0.29) is 0 Å². The quantitative estimate of drug-likeness (QED) is 0.677. The van der Waals surface area contributed by atoms with Crippen molar-refractivity contribution >= 4 is 5.97 Å². The van der Waals surface area contributed by atoms with E-state index in [1.54, 1.807) is 51.1 Å². The molecule has 0 aromatic heterocycles. The maximum atomic E-state index is 11.6. The van der Waals surface area contributed by atoms with E-state index in [2.05, 4.69) is 0 Å². The predicted octanol–water partition coefficient (Wildman–Crippen LogP) is 2.78. The minimum Gasteiger partial charge on any atom is -0.460 e. The lowest BCUT2D eigenvalue weighted by molar-refractivity contribution is -0.154. The van der Waals surface area contributed by atoms with E-state index in [1.165, 1.54) is 0 Å². The molecule has 0 aliphatic rings. The van der Waals surface area contributed by atoms with Gasteiger partial charge < -0.3 is 4.74 Å². The third-order valence-electron chi connectivity index (χ3n) is 1.65. The molecule has 0 spiro atoms. The lowest BCUT2D eigenvalue weighted by atomic mass is 9.97. The second-order valence-electron chi connectivity index (χ2n) is 4.11. The van der Waals surface area contributed by atoms with Crippen LogP contribution >= 0.6 is 0 Å². The Bertz CT molecular complexity index is 366. The molecule has 2 heteroatoms. The smallest absolute Gasteiger partial charge is 0.311 e. The van der Waals surface area contributed by atoms with Crippen LogP contribution in [0.15, 0.2) is 30.3 Å². The van der Waals surface area contributed by atoms with Crippen molar-refractivity contribution in [3.63, 3.8) is 0 Å². The summed E-state index contributed by atoms with van der Waals surface area (Å²) < 4.78 is 20.3. The van der Waals surface area contributed by atoms with E-state index in [9.17, 15) is 4.79 Å². The van der Waals surface area contributed by atoms with Crippen LogP contribution in [0.25, 0.3) is 0 Å². The zero-order valence-corrected chi connectivity index (χ0v) is 8.70. The number of esters is 1. The highest BCUT2D eigenvalue weighted by Crippen LogP contribution is 2.16. The summed E-state index contributed by atoms with van der Waals surface area (Å²) in [5, 5.41) is 0. The third kappa shape index (κ3) is 3.21. The zero-order valence-electron chi connectivity index (χ0n) is 10.7. The largest absolute Gasteiger partial charge is 0.460 e. The van der Waals surface area contributed by atoms with Gasteiger partial charge in [0.1, 0.15) is 6.56 Å². The zero-order chi connectivity index (χ0) is 12.4. The highest BCUT2D eigenvalue weighted by Gasteiger charge is 2.22. The van der Waals surface area contributed by atoms with Crippen molar-refractivity contribution in [2.24, 2.45) is 5.41 Å². The molecule has 0 aliphatic carbocycles. The normalized spacial score (nSPS) is 14.2. The van der Waals surface area contributed by atoms with E-state index >= 15 is 0 Å². The summed E-state index contributed by atoms with van der Waals surface area (Å²) in [4.78, 5) is 11.6. The highest BCUT2D eigenvalue weighted by molar-refractivity contribution is 5.75. The van der Waals surface area contributed by atoms with Gasteiger partial charge in [-0.05, 0) is 26.3 Å². The van der Waals surface area contributed by atoms with Crippen LogP contribution in [0.1, 0.15) is 29.1 Å². The SMILES string of the molecule is [2H]C([2H])(OC(=O)C(C)(C)C)c1ccccc1. The fourth-order valence-corrected chi connectivity index (χ4v) is 0.765. The molecule has 0 amide bonds. The Morgan fingerprint density at radius 1 is 1.36 bits per heavy atom. The van der Waals surface area contributed by atoms with Gasteiger partial charge >= 0.3 is 5.97 Å². The molecule has 0 saturated carbocycles. The average molecular weight is 194 g/mol. The molecule has 1 rings (SSSR count). The molecule has 0 unspecified atom stereocenters. The van der Waals surface area contributed by atoms with Crippen LogP contribution in [-0.4, -0.2) is 5.97 Å². The molecule has 1 aromatic rings. The summed E-state index contributed by atoms with van der Waals surface area (Å²) in [5.41, 5.74) is -0.366. The third-order valence-corrected chi connectivity index (χ3v) is 1.65. The van der Waals surface area contributed by atoms with Gasteiger partial charge in [0.05, 0.1) is 8.16 Å². The van der Waals surface area contributed by atoms with Crippen LogP contribution < -0.4 is 0 Å². The van der Waals surface area contributed by atoms with Crippen molar-refractivity contribution < 1.29 is 12.3 Å². The summed E-state index contributed by atoms with van der Waals surface area (Å²) >= 11 is 0. The Labute approximate surface area is 87.7 Å². The lowest BCUT2D eigenvalue weighted by Crippen LogP contribution is -2.22. The molecule has 0 N–H and O–H groups in total. The Morgan fingerprint density at radius 2 is 1.93 bits per heavy atom. The summed E-state index contributed by atoms with van der Waals surface area (Å²) in [7, 11) is 0. The van der Waals surface area contributed by atoms with Gasteiger partial charge in [-0.25, -0.2) is 0 Å². The fraction of sp³-hybridized carbons (Fsp3) is 0.417. The maximum absolute atomic E-state index is 11.6. The van der Waals surface area contributed by atoms with Gasteiger partial charge in [0.15, 0.2) is 0 Å². The molecule has 0 saturated heterocycles.